The molecule has 2 heterocycles. The predicted molar refractivity (Wildman–Crippen MR) is 85.1 cm³/mol. The number of aromatic nitrogens is 4. The minimum Gasteiger partial charge on any atom is -0.469 e. The maximum Gasteiger partial charge on any atom is 0.308 e. The first-order chi connectivity index (χ1) is 11.2. The summed E-state index contributed by atoms with van der Waals surface area (Å²) in [5.74, 6) is 2.35. The van der Waals surface area contributed by atoms with Crippen molar-refractivity contribution in [3.05, 3.63) is 36.3 Å². The Morgan fingerprint density at radius 1 is 1.26 bits per heavy atom. The van der Waals surface area contributed by atoms with Gasteiger partial charge in [-0.15, -0.1) is 0 Å². The van der Waals surface area contributed by atoms with Gasteiger partial charge in [0.15, 0.2) is 0 Å². The first kappa shape index (κ1) is 15.6. The smallest absolute Gasteiger partial charge is 0.308 e. The van der Waals surface area contributed by atoms with Crippen molar-refractivity contribution in [2.24, 2.45) is 11.8 Å². The zero-order valence-corrected chi connectivity index (χ0v) is 13.6. The van der Waals surface area contributed by atoms with Crippen LogP contribution < -0.4 is 0 Å². The number of carbonyl (C=O) groups excluding carboxylic acids is 1. The molecule has 0 bridgehead atoms. The molecule has 6 heteroatoms. The molecule has 0 N–H and O–H groups in total. The normalized spacial score (nSPS) is 21.1. The Bertz CT molecular complexity index is 675. The predicted octanol–water partition coefficient (Wildman–Crippen LogP) is 2.49. The van der Waals surface area contributed by atoms with Gasteiger partial charge in [0.2, 0.25) is 0 Å². The van der Waals surface area contributed by atoms with Crippen molar-refractivity contribution >= 4 is 5.97 Å². The quantitative estimate of drug-likeness (QED) is 0.811. The maximum absolute atomic E-state index is 11.6. The SMILES string of the molecule is COC(=O)[C@H]1CC[C@H](Cc2cc(-n3ccnc3C)ncn2)CC1. The molecule has 0 amide bonds. The van der Waals surface area contributed by atoms with Gasteiger partial charge in [0, 0.05) is 24.2 Å². The van der Waals surface area contributed by atoms with E-state index in [4.69, 9.17) is 4.74 Å². The van der Waals surface area contributed by atoms with Crippen molar-refractivity contribution in [3.63, 3.8) is 0 Å². The molecule has 3 rings (SSSR count). The largest absolute Gasteiger partial charge is 0.469 e. The number of ether oxygens (including phenoxy) is 1. The van der Waals surface area contributed by atoms with Crippen LogP contribution in [0, 0.1) is 18.8 Å². The number of aryl methyl sites for hydroxylation is 1. The van der Waals surface area contributed by atoms with Crippen molar-refractivity contribution in [1.82, 2.24) is 19.5 Å². The van der Waals surface area contributed by atoms with Crippen LogP contribution in [0.15, 0.2) is 24.8 Å². The second-order valence-electron chi connectivity index (χ2n) is 6.16. The summed E-state index contributed by atoms with van der Waals surface area (Å²) in [7, 11) is 1.47. The highest BCUT2D eigenvalue weighted by Gasteiger charge is 2.27. The lowest BCUT2D eigenvalue weighted by atomic mass is 9.80. The standard InChI is InChI=1S/C17H22N4O2/c1-12-18-7-8-21(12)16-10-15(19-11-20-16)9-13-3-5-14(6-4-13)17(22)23-2/h7-8,10-11,13-14H,3-6,9H2,1-2H3/t13-,14-. The number of methoxy groups -OCH3 is 1. The van der Waals surface area contributed by atoms with E-state index in [-0.39, 0.29) is 11.9 Å². The molecule has 0 aliphatic heterocycles. The third-order valence-corrected chi connectivity index (χ3v) is 4.66. The number of hydrogen-bond acceptors (Lipinski definition) is 5. The van der Waals surface area contributed by atoms with Gasteiger partial charge in [0.05, 0.1) is 13.0 Å². The summed E-state index contributed by atoms with van der Waals surface area (Å²) in [6, 6.07) is 2.03. The van der Waals surface area contributed by atoms with E-state index in [1.165, 1.54) is 7.11 Å². The van der Waals surface area contributed by atoms with Gasteiger partial charge in [0.25, 0.3) is 0 Å². The molecule has 23 heavy (non-hydrogen) atoms. The topological polar surface area (TPSA) is 69.9 Å². The highest BCUT2D eigenvalue weighted by molar-refractivity contribution is 5.72. The molecule has 0 saturated heterocycles. The molecule has 0 spiro atoms. The van der Waals surface area contributed by atoms with Crippen molar-refractivity contribution < 1.29 is 9.53 Å². The van der Waals surface area contributed by atoms with E-state index >= 15 is 0 Å². The highest BCUT2D eigenvalue weighted by atomic mass is 16.5. The van der Waals surface area contributed by atoms with Crippen LogP contribution in [0.3, 0.4) is 0 Å². The number of hydrogen-bond donors (Lipinski definition) is 0. The van der Waals surface area contributed by atoms with Gasteiger partial charge in [-0.2, -0.15) is 0 Å². The zero-order chi connectivity index (χ0) is 16.2. The van der Waals surface area contributed by atoms with Gasteiger partial charge >= 0.3 is 5.97 Å². The van der Waals surface area contributed by atoms with E-state index < -0.39 is 0 Å². The second kappa shape index (κ2) is 6.89. The summed E-state index contributed by atoms with van der Waals surface area (Å²) in [6.07, 6.45) is 10.1. The number of imidazole rings is 1. The van der Waals surface area contributed by atoms with Crippen LogP contribution in [0.5, 0.6) is 0 Å². The Labute approximate surface area is 135 Å². The monoisotopic (exact) mass is 314 g/mol. The van der Waals surface area contributed by atoms with Crippen LogP contribution >= 0.6 is 0 Å². The molecule has 122 valence electrons. The highest BCUT2D eigenvalue weighted by Crippen LogP contribution is 2.31. The van der Waals surface area contributed by atoms with E-state index in [1.807, 2.05) is 23.8 Å². The van der Waals surface area contributed by atoms with E-state index in [0.717, 1.165) is 49.4 Å². The number of rotatable bonds is 4. The van der Waals surface area contributed by atoms with Crippen molar-refractivity contribution in [2.75, 3.05) is 7.11 Å². The first-order valence-electron chi connectivity index (χ1n) is 8.06. The summed E-state index contributed by atoms with van der Waals surface area (Å²) >= 11 is 0. The molecule has 0 atom stereocenters. The Morgan fingerprint density at radius 3 is 2.70 bits per heavy atom. The van der Waals surface area contributed by atoms with Crippen LogP contribution in [-0.4, -0.2) is 32.6 Å². The van der Waals surface area contributed by atoms with Crippen LogP contribution in [0.25, 0.3) is 5.82 Å². The fourth-order valence-corrected chi connectivity index (χ4v) is 3.31. The molecule has 0 aromatic carbocycles. The van der Waals surface area contributed by atoms with E-state index in [0.29, 0.717) is 5.92 Å². The van der Waals surface area contributed by atoms with Gasteiger partial charge in [-0.1, -0.05) is 0 Å². The number of esters is 1. The van der Waals surface area contributed by atoms with Gasteiger partial charge < -0.3 is 4.74 Å². The summed E-state index contributed by atoms with van der Waals surface area (Å²) in [5.41, 5.74) is 1.05. The lowest BCUT2D eigenvalue weighted by Crippen LogP contribution is -2.24. The Balaban J connectivity index is 1.63. The minimum atomic E-state index is -0.0663. The summed E-state index contributed by atoms with van der Waals surface area (Å²) in [6.45, 7) is 1.95. The van der Waals surface area contributed by atoms with E-state index in [1.54, 1.807) is 12.5 Å². The zero-order valence-electron chi connectivity index (χ0n) is 13.6. The molecule has 0 radical (unpaired) electrons. The maximum atomic E-state index is 11.6. The third kappa shape index (κ3) is 3.57. The molecule has 1 aliphatic carbocycles. The van der Waals surface area contributed by atoms with Crippen LogP contribution in [0.4, 0.5) is 0 Å². The summed E-state index contributed by atoms with van der Waals surface area (Å²) < 4.78 is 6.80. The number of nitrogens with zero attached hydrogens (tertiary/aromatic N) is 4. The molecule has 1 aliphatic rings. The Morgan fingerprint density at radius 2 is 2.04 bits per heavy atom. The molecule has 2 aromatic heterocycles. The Kier molecular flexibility index (Phi) is 4.69. The molecular weight excluding hydrogens is 292 g/mol. The average molecular weight is 314 g/mol. The second-order valence-corrected chi connectivity index (χ2v) is 6.16. The fraction of sp³-hybridized carbons (Fsp3) is 0.529. The fourth-order valence-electron chi connectivity index (χ4n) is 3.31. The Hall–Kier alpha value is -2.24. The van der Waals surface area contributed by atoms with Crippen LogP contribution in [0.2, 0.25) is 0 Å². The molecular formula is C17H22N4O2. The van der Waals surface area contributed by atoms with Crippen molar-refractivity contribution in [1.29, 1.82) is 0 Å². The lowest BCUT2D eigenvalue weighted by Gasteiger charge is -2.26. The summed E-state index contributed by atoms with van der Waals surface area (Å²) in [4.78, 5) is 24.6. The summed E-state index contributed by atoms with van der Waals surface area (Å²) in [5, 5.41) is 0. The van der Waals surface area contributed by atoms with Gasteiger partial charge in [-0.25, -0.2) is 15.0 Å². The van der Waals surface area contributed by atoms with Crippen LogP contribution in [0.1, 0.15) is 37.2 Å². The van der Waals surface area contributed by atoms with Gasteiger partial charge in [-0.3, -0.25) is 9.36 Å². The molecule has 1 saturated carbocycles. The van der Waals surface area contributed by atoms with Gasteiger partial charge in [-0.05, 0) is 44.9 Å². The number of carbonyl (C=O) groups is 1. The molecule has 6 nitrogen and oxygen atoms in total. The molecule has 0 unspecified atom stereocenters. The molecule has 1 fully saturated rings. The van der Waals surface area contributed by atoms with Crippen LogP contribution in [-0.2, 0) is 16.0 Å². The molecule has 2 aromatic rings. The average Bonchev–Trinajstić information content (AvgIpc) is 3.01. The van der Waals surface area contributed by atoms with Crippen molar-refractivity contribution in [3.8, 4) is 5.82 Å². The van der Waals surface area contributed by atoms with E-state index in [2.05, 4.69) is 15.0 Å². The third-order valence-electron chi connectivity index (χ3n) is 4.66. The minimum absolute atomic E-state index is 0.0663. The van der Waals surface area contributed by atoms with Crippen molar-refractivity contribution in [2.45, 2.75) is 39.0 Å². The first-order valence-corrected chi connectivity index (χ1v) is 8.06. The lowest BCUT2D eigenvalue weighted by molar-refractivity contribution is -0.146. The van der Waals surface area contributed by atoms with E-state index in [9.17, 15) is 4.79 Å². The van der Waals surface area contributed by atoms with Gasteiger partial charge in [0.1, 0.15) is 18.0 Å².